The van der Waals surface area contributed by atoms with Gasteiger partial charge in [-0.15, -0.1) is 0 Å². The molecule has 0 aliphatic carbocycles. The lowest BCUT2D eigenvalue weighted by Gasteiger charge is -2.24. The van der Waals surface area contributed by atoms with Crippen molar-refractivity contribution in [1.29, 1.82) is 0 Å². The van der Waals surface area contributed by atoms with E-state index < -0.39 is 5.60 Å². The van der Waals surface area contributed by atoms with E-state index in [0.29, 0.717) is 30.7 Å². The van der Waals surface area contributed by atoms with E-state index >= 15 is 0 Å². The second kappa shape index (κ2) is 5.25. The van der Waals surface area contributed by atoms with Crippen LogP contribution < -0.4 is 11.4 Å². The van der Waals surface area contributed by atoms with Crippen molar-refractivity contribution in [2.75, 3.05) is 18.8 Å². The van der Waals surface area contributed by atoms with Crippen LogP contribution in [-0.2, 0) is 4.74 Å². The number of fused-ring (bicyclic) bond motifs is 1. The maximum Gasteiger partial charge on any atom is 0.410 e. The van der Waals surface area contributed by atoms with Crippen molar-refractivity contribution in [2.24, 2.45) is 0 Å². The van der Waals surface area contributed by atoms with Crippen LogP contribution in [0.25, 0.3) is 11.2 Å². The Labute approximate surface area is 132 Å². The Morgan fingerprint density at radius 1 is 1.43 bits per heavy atom. The van der Waals surface area contributed by atoms with Gasteiger partial charge in [0.05, 0.1) is 6.04 Å². The maximum atomic E-state index is 12.2. The summed E-state index contributed by atoms with van der Waals surface area (Å²) in [6.07, 6.45) is 1.60. The average Bonchev–Trinajstić information content (AvgIpc) is 3.01. The highest BCUT2D eigenvalue weighted by atomic mass is 16.6. The zero-order valence-electron chi connectivity index (χ0n) is 13.4. The Bertz CT molecular complexity index is 803. The monoisotopic (exact) mass is 320 g/mol. The third-order valence-corrected chi connectivity index (χ3v) is 3.72. The van der Waals surface area contributed by atoms with Gasteiger partial charge in [-0.25, -0.2) is 19.6 Å². The molecule has 2 aromatic heterocycles. The molecule has 3 heterocycles. The van der Waals surface area contributed by atoms with Crippen molar-refractivity contribution in [3.05, 3.63) is 16.8 Å². The van der Waals surface area contributed by atoms with E-state index in [1.165, 1.54) is 10.9 Å². The molecule has 1 aliphatic heterocycles. The lowest BCUT2D eigenvalue weighted by Crippen LogP contribution is -2.36. The highest BCUT2D eigenvalue weighted by molar-refractivity contribution is 5.81. The first-order valence-electron chi connectivity index (χ1n) is 7.45. The van der Waals surface area contributed by atoms with Crippen LogP contribution in [0, 0.1) is 0 Å². The van der Waals surface area contributed by atoms with Gasteiger partial charge in [-0.2, -0.15) is 0 Å². The van der Waals surface area contributed by atoms with Crippen LogP contribution in [0.5, 0.6) is 0 Å². The minimum Gasteiger partial charge on any atom is -0.444 e. The van der Waals surface area contributed by atoms with Crippen molar-refractivity contribution < 1.29 is 9.53 Å². The third-order valence-electron chi connectivity index (χ3n) is 3.72. The summed E-state index contributed by atoms with van der Waals surface area (Å²) in [5.74, 6) is 0.229. The molecule has 9 nitrogen and oxygen atoms in total. The molecular formula is C14H20N6O3. The molecule has 0 spiro atoms. The summed E-state index contributed by atoms with van der Waals surface area (Å²) < 4.78 is 6.91. The molecule has 0 aromatic carbocycles. The van der Waals surface area contributed by atoms with E-state index in [1.54, 1.807) is 4.90 Å². The number of rotatable bonds is 1. The van der Waals surface area contributed by atoms with Crippen LogP contribution in [0.1, 0.15) is 33.2 Å². The Morgan fingerprint density at radius 3 is 2.87 bits per heavy atom. The van der Waals surface area contributed by atoms with Crippen molar-refractivity contribution in [3.63, 3.8) is 0 Å². The number of anilines is 1. The van der Waals surface area contributed by atoms with Crippen LogP contribution >= 0.6 is 0 Å². The number of nitrogens with one attached hydrogen (secondary N) is 1. The molecule has 0 radical (unpaired) electrons. The standard InChI is InChI=1S/C14H20N6O3/c1-14(2,3)23-13(22)19-5-4-8(6-19)20-11-9(18-12(20)21)10(15)16-7-17-11/h7-8H,4-6H2,1-3H3,(H,18,21)(H2,15,16,17). The average molecular weight is 320 g/mol. The quantitative estimate of drug-likeness (QED) is 0.805. The number of amides is 1. The number of nitrogens with zero attached hydrogens (tertiary/aromatic N) is 4. The second-order valence-corrected chi connectivity index (χ2v) is 6.63. The fourth-order valence-electron chi connectivity index (χ4n) is 2.74. The number of likely N-dealkylation sites (tertiary alicyclic amines) is 1. The molecule has 0 bridgehead atoms. The lowest BCUT2D eigenvalue weighted by molar-refractivity contribution is 0.0289. The van der Waals surface area contributed by atoms with Gasteiger partial charge in [0.15, 0.2) is 11.5 Å². The fraction of sp³-hybridized carbons (Fsp3) is 0.571. The number of hydrogen-bond donors (Lipinski definition) is 2. The Kier molecular flexibility index (Phi) is 3.50. The topological polar surface area (TPSA) is 119 Å². The summed E-state index contributed by atoms with van der Waals surface area (Å²) >= 11 is 0. The lowest BCUT2D eigenvalue weighted by atomic mass is 10.2. The van der Waals surface area contributed by atoms with Crippen molar-refractivity contribution >= 4 is 23.1 Å². The number of imidazole rings is 1. The predicted octanol–water partition coefficient (Wildman–Crippen LogP) is 0.884. The first-order valence-corrected chi connectivity index (χ1v) is 7.45. The molecule has 3 rings (SSSR count). The number of H-pyrrole nitrogens is 1. The minimum atomic E-state index is -0.547. The molecule has 1 atom stereocenters. The number of ether oxygens (including phenoxy) is 1. The Hall–Kier alpha value is -2.58. The summed E-state index contributed by atoms with van der Waals surface area (Å²) in [6, 6.07) is -0.168. The zero-order valence-corrected chi connectivity index (χ0v) is 13.4. The molecule has 2 aromatic rings. The number of aromatic nitrogens is 4. The normalized spacial score (nSPS) is 18.6. The summed E-state index contributed by atoms with van der Waals surface area (Å²) in [7, 11) is 0. The molecule has 9 heteroatoms. The van der Waals surface area contributed by atoms with Crippen LogP contribution in [0.2, 0.25) is 0 Å². The van der Waals surface area contributed by atoms with E-state index in [1.807, 2.05) is 20.8 Å². The van der Waals surface area contributed by atoms with E-state index in [4.69, 9.17) is 10.5 Å². The molecule has 124 valence electrons. The van der Waals surface area contributed by atoms with Crippen molar-refractivity contribution in [2.45, 2.75) is 38.8 Å². The molecule has 1 saturated heterocycles. The number of carbonyl (C=O) groups is 1. The summed E-state index contributed by atoms with van der Waals surface area (Å²) in [4.78, 5) is 36.7. The fourth-order valence-corrected chi connectivity index (χ4v) is 2.74. The van der Waals surface area contributed by atoms with Crippen molar-refractivity contribution in [3.8, 4) is 0 Å². The summed E-state index contributed by atoms with van der Waals surface area (Å²) in [5.41, 5.74) is 5.79. The van der Waals surface area contributed by atoms with Gasteiger partial charge in [-0.1, -0.05) is 0 Å². The van der Waals surface area contributed by atoms with E-state index in [0.717, 1.165) is 0 Å². The van der Waals surface area contributed by atoms with E-state index in [-0.39, 0.29) is 23.6 Å². The van der Waals surface area contributed by atoms with Crippen molar-refractivity contribution in [1.82, 2.24) is 24.4 Å². The van der Waals surface area contributed by atoms with Gasteiger partial charge < -0.3 is 20.4 Å². The van der Waals surface area contributed by atoms with Crippen LogP contribution in [0.15, 0.2) is 11.1 Å². The maximum absolute atomic E-state index is 12.2. The third kappa shape index (κ3) is 2.86. The molecule has 0 saturated carbocycles. The molecule has 1 amide bonds. The summed E-state index contributed by atoms with van der Waals surface area (Å²) in [6.45, 7) is 6.39. The molecule has 1 aliphatic rings. The minimum absolute atomic E-state index is 0.168. The predicted molar refractivity (Wildman–Crippen MR) is 84.0 cm³/mol. The van der Waals surface area contributed by atoms with Gasteiger partial charge in [0.2, 0.25) is 0 Å². The number of aromatic amines is 1. The van der Waals surface area contributed by atoms with Crippen LogP contribution in [0.3, 0.4) is 0 Å². The highest BCUT2D eigenvalue weighted by Gasteiger charge is 2.32. The van der Waals surface area contributed by atoms with Gasteiger partial charge in [-0.3, -0.25) is 4.57 Å². The Morgan fingerprint density at radius 2 is 2.17 bits per heavy atom. The molecule has 1 unspecified atom stereocenters. The number of hydrogen-bond acceptors (Lipinski definition) is 6. The smallest absolute Gasteiger partial charge is 0.410 e. The Balaban J connectivity index is 1.85. The van der Waals surface area contributed by atoms with E-state index in [2.05, 4.69) is 15.0 Å². The zero-order chi connectivity index (χ0) is 16.8. The van der Waals surface area contributed by atoms with E-state index in [9.17, 15) is 9.59 Å². The largest absolute Gasteiger partial charge is 0.444 e. The first-order chi connectivity index (χ1) is 10.8. The number of nitrogen functional groups attached to an aromatic ring is 1. The number of nitrogens with two attached hydrogens (primary N) is 1. The van der Waals surface area contributed by atoms with Gasteiger partial charge in [0.25, 0.3) is 0 Å². The number of carbonyl (C=O) groups excluding carboxylic acids is 1. The van der Waals surface area contributed by atoms with Gasteiger partial charge in [-0.05, 0) is 27.2 Å². The summed E-state index contributed by atoms with van der Waals surface area (Å²) in [5, 5.41) is 0. The van der Waals surface area contributed by atoms with Gasteiger partial charge in [0, 0.05) is 13.1 Å². The molecule has 3 N–H and O–H groups in total. The molecular weight excluding hydrogens is 300 g/mol. The van der Waals surface area contributed by atoms with Gasteiger partial charge >= 0.3 is 11.8 Å². The SMILES string of the molecule is CC(C)(C)OC(=O)N1CCC(n2c(=O)[nH]c3c(N)ncnc32)C1. The van der Waals surface area contributed by atoms with Crippen LogP contribution in [0.4, 0.5) is 10.6 Å². The molecule has 23 heavy (non-hydrogen) atoms. The highest BCUT2D eigenvalue weighted by Crippen LogP contribution is 2.25. The van der Waals surface area contributed by atoms with Gasteiger partial charge in [0.1, 0.15) is 17.4 Å². The second-order valence-electron chi connectivity index (χ2n) is 6.63. The first kappa shape index (κ1) is 15.3. The molecule has 1 fully saturated rings. The van der Waals surface area contributed by atoms with Crippen LogP contribution in [-0.4, -0.2) is 49.2 Å².